The Kier molecular flexibility index (Phi) is 4.05. The van der Waals surface area contributed by atoms with E-state index in [1.807, 2.05) is 0 Å². The number of aromatic nitrogens is 1. The van der Waals surface area contributed by atoms with Gasteiger partial charge in [-0.15, -0.1) is 13.2 Å². The zero-order valence-electron chi connectivity index (χ0n) is 11.7. The largest absolute Gasteiger partial charge is 0.573 e. The van der Waals surface area contributed by atoms with E-state index < -0.39 is 12.5 Å². The lowest BCUT2D eigenvalue weighted by molar-refractivity contribution is -0.274. The van der Waals surface area contributed by atoms with Crippen LogP contribution in [-0.2, 0) is 4.84 Å². The van der Waals surface area contributed by atoms with Crippen molar-refractivity contribution >= 4 is 5.90 Å². The van der Waals surface area contributed by atoms with Crippen LogP contribution in [0.1, 0.15) is 18.1 Å². The molecule has 1 aliphatic heterocycles. The average molecular weight is 324 g/mol. The molecule has 1 aliphatic rings. The smallest absolute Gasteiger partial charge is 0.439 e. The van der Waals surface area contributed by atoms with Crippen LogP contribution in [0.25, 0.3) is 0 Å². The van der Waals surface area contributed by atoms with Gasteiger partial charge < -0.3 is 14.3 Å². The topological polar surface area (TPSA) is 52.9 Å². The molecule has 8 heteroatoms. The minimum atomic E-state index is -4.71. The molecule has 0 bridgehead atoms. The molecule has 0 spiro atoms. The number of hydrogen-bond acceptors (Lipinski definition) is 5. The van der Waals surface area contributed by atoms with Gasteiger partial charge in [-0.2, -0.15) is 0 Å². The molecule has 5 nitrogen and oxygen atoms in total. The summed E-state index contributed by atoms with van der Waals surface area (Å²) < 4.78 is 45.7. The number of hydrogen-bond donors (Lipinski definition) is 0. The number of ether oxygens (including phenoxy) is 2. The Labute approximate surface area is 129 Å². The highest BCUT2D eigenvalue weighted by molar-refractivity contribution is 5.79. The van der Waals surface area contributed by atoms with E-state index in [0.29, 0.717) is 23.6 Å². The van der Waals surface area contributed by atoms with Crippen molar-refractivity contribution in [3.63, 3.8) is 0 Å². The first-order chi connectivity index (χ1) is 11.0. The molecule has 120 valence electrons. The second-order valence-corrected chi connectivity index (χ2v) is 4.69. The molecule has 0 saturated heterocycles. The molecule has 0 fully saturated rings. The summed E-state index contributed by atoms with van der Waals surface area (Å²) >= 11 is 0. The van der Waals surface area contributed by atoms with Gasteiger partial charge in [0.1, 0.15) is 11.5 Å². The predicted molar refractivity (Wildman–Crippen MR) is 73.9 cm³/mol. The molecule has 0 saturated carbocycles. The molecule has 0 aliphatic carbocycles. The van der Waals surface area contributed by atoms with Gasteiger partial charge >= 0.3 is 6.36 Å². The summed E-state index contributed by atoms with van der Waals surface area (Å²) in [5.41, 5.74) is 0.677. The Morgan fingerprint density at radius 1 is 1.00 bits per heavy atom. The summed E-state index contributed by atoms with van der Waals surface area (Å²) in [6.45, 7) is 0. The third-order valence-corrected chi connectivity index (χ3v) is 3.01. The van der Waals surface area contributed by atoms with Crippen LogP contribution in [0, 0.1) is 0 Å². The Hall–Kier alpha value is -2.77. The van der Waals surface area contributed by atoms with E-state index in [4.69, 9.17) is 9.57 Å². The van der Waals surface area contributed by atoms with Crippen molar-refractivity contribution < 1.29 is 27.5 Å². The van der Waals surface area contributed by atoms with Crippen molar-refractivity contribution in [1.29, 1.82) is 0 Å². The van der Waals surface area contributed by atoms with Crippen molar-refractivity contribution in [2.45, 2.75) is 18.9 Å². The third kappa shape index (κ3) is 4.12. The average Bonchev–Trinajstić information content (AvgIpc) is 2.96. The Morgan fingerprint density at radius 3 is 2.35 bits per heavy atom. The molecular formula is C15H11F3N2O3. The molecule has 1 aromatic carbocycles. The number of nitrogens with zero attached hydrogens (tertiary/aromatic N) is 2. The molecule has 2 aromatic rings. The molecule has 3 rings (SSSR count). The van der Waals surface area contributed by atoms with Gasteiger partial charge in [0, 0.05) is 12.4 Å². The first-order valence-corrected chi connectivity index (χ1v) is 6.66. The lowest BCUT2D eigenvalue weighted by Gasteiger charge is -2.11. The number of alkyl halides is 3. The third-order valence-electron chi connectivity index (χ3n) is 3.01. The van der Waals surface area contributed by atoms with Crippen LogP contribution in [0.2, 0.25) is 0 Å². The standard InChI is InChI=1S/C15H11F3N2O3/c16-15(17,18)22-12-3-1-10(2-4-12)13-9-14(20-23-13)21-11-5-7-19-8-6-11/h1-8,13H,9H2/t13-/m0/s1. The summed E-state index contributed by atoms with van der Waals surface area (Å²) in [5.74, 6) is 0.683. The van der Waals surface area contributed by atoms with E-state index >= 15 is 0 Å². The summed E-state index contributed by atoms with van der Waals surface area (Å²) in [5, 5.41) is 3.83. The van der Waals surface area contributed by atoms with Crippen molar-refractivity contribution in [2.75, 3.05) is 0 Å². The summed E-state index contributed by atoms with van der Waals surface area (Å²) in [6.07, 6.45) is -1.57. The number of halogens is 3. The minimum Gasteiger partial charge on any atom is -0.439 e. The molecule has 1 atom stereocenters. The van der Waals surface area contributed by atoms with Crippen molar-refractivity contribution in [3.05, 3.63) is 54.4 Å². The molecular weight excluding hydrogens is 313 g/mol. The van der Waals surface area contributed by atoms with E-state index in [1.54, 1.807) is 24.5 Å². The monoisotopic (exact) mass is 324 g/mol. The summed E-state index contributed by atoms with van der Waals surface area (Å²) in [6, 6.07) is 8.81. The van der Waals surface area contributed by atoms with Gasteiger partial charge in [-0.1, -0.05) is 17.3 Å². The Bertz CT molecular complexity index is 687. The van der Waals surface area contributed by atoms with E-state index in [1.165, 1.54) is 24.3 Å². The van der Waals surface area contributed by atoms with Crippen LogP contribution in [0.4, 0.5) is 13.2 Å². The van der Waals surface area contributed by atoms with Crippen LogP contribution in [0.15, 0.2) is 53.9 Å². The maximum absolute atomic E-state index is 12.1. The summed E-state index contributed by atoms with van der Waals surface area (Å²) in [4.78, 5) is 9.12. The van der Waals surface area contributed by atoms with Crippen LogP contribution >= 0.6 is 0 Å². The summed E-state index contributed by atoms with van der Waals surface area (Å²) in [7, 11) is 0. The first-order valence-electron chi connectivity index (χ1n) is 6.66. The zero-order chi connectivity index (χ0) is 16.3. The fourth-order valence-corrected chi connectivity index (χ4v) is 2.02. The second kappa shape index (κ2) is 6.15. The predicted octanol–water partition coefficient (Wildman–Crippen LogP) is 3.83. The molecule has 1 aromatic heterocycles. The number of oxime groups is 1. The molecule has 0 unspecified atom stereocenters. The lowest BCUT2D eigenvalue weighted by Crippen LogP contribution is -2.17. The normalized spacial score (nSPS) is 17.3. The molecule has 0 amide bonds. The van der Waals surface area contributed by atoms with Crippen molar-refractivity contribution in [3.8, 4) is 11.5 Å². The van der Waals surface area contributed by atoms with E-state index in [2.05, 4.69) is 14.9 Å². The highest BCUT2D eigenvalue weighted by Crippen LogP contribution is 2.30. The Balaban J connectivity index is 1.59. The first kappa shape index (κ1) is 15.1. The highest BCUT2D eigenvalue weighted by Gasteiger charge is 2.31. The van der Waals surface area contributed by atoms with Crippen LogP contribution in [0.3, 0.4) is 0 Å². The maximum atomic E-state index is 12.1. The highest BCUT2D eigenvalue weighted by atomic mass is 19.4. The van der Waals surface area contributed by atoms with Gasteiger partial charge in [-0.05, 0) is 29.8 Å². The van der Waals surface area contributed by atoms with E-state index in [9.17, 15) is 13.2 Å². The number of pyridine rings is 1. The van der Waals surface area contributed by atoms with Crippen LogP contribution in [-0.4, -0.2) is 17.2 Å². The SMILES string of the molecule is FC(F)(F)Oc1ccc([C@@H]2CC(Oc3ccncc3)=NO2)cc1. The fourth-order valence-electron chi connectivity index (χ4n) is 2.02. The van der Waals surface area contributed by atoms with Gasteiger partial charge in [0.15, 0.2) is 6.10 Å². The van der Waals surface area contributed by atoms with Crippen LogP contribution < -0.4 is 9.47 Å². The second-order valence-electron chi connectivity index (χ2n) is 4.69. The van der Waals surface area contributed by atoms with Crippen molar-refractivity contribution in [1.82, 2.24) is 4.98 Å². The van der Waals surface area contributed by atoms with E-state index in [0.717, 1.165) is 0 Å². The van der Waals surface area contributed by atoms with Gasteiger partial charge in [-0.25, -0.2) is 0 Å². The Morgan fingerprint density at radius 2 is 1.70 bits per heavy atom. The molecule has 23 heavy (non-hydrogen) atoms. The van der Waals surface area contributed by atoms with Gasteiger partial charge in [0.25, 0.3) is 0 Å². The van der Waals surface area contributed by atoms with Gasteiger partial charge in [0.2, 0.25) is 5.90 Å². The minimum absolute atomic E-state index is 0.284. The lowest BCUT2D eigenvalue weighted by atomic mass is 10.1. The fraction of sp³-hybridized carbons (Fsp3) is 0.200. The van der Waals surface area contributed by atoms with Gasteiger partial charge in [-0.3, -0.25) is 4.98 Å². The molecule has 0 N–H and O–H groups in total. The van der Waals surface area contributed by atoms with Crippen LogP contribution in [0.5, 0.6) is 11.5 Å². The quantitative estimate of drug-likeness (QED) is 0.861. The molecule has 2 heterocycles. The van der Waals surface area contributed by atoms with E-state index in [-0.39, 0.29) is 5.75 Å². The van der Waals surface area contributed by atoms with Gasteiger partial charge in [0.05, 0.1) is 6.42 Å². The maximum Gasteiger partial charge on any atom is 0.573 e. The number of rotatable bonds is 3. The zero-order valence-corrected chi connectivity index (χ0v) is 11.7. The number of benzene rings is 1. The van der Waals surface area contributed by atoms with Crippen molar-refractivity contribution in [2.24, 2.45) is 5.16 Å². The molecule has 0 radical (unpaired) electrons.